The third kappa shape index (κ3) is 6.79. The lowest BCUT2D eigenvalue weighted by Crippen LogP contribution is -2.55. The molecule has 0 aromatic heterocycles. The molecule has 4 atom stereocenters. The summed E-state index contributed by atoms with van der Waals surface area (Å²) in [5.41, 5.74) is -0.401. The van der Waals surface area contributed by atoms with Gasteiger partial charge in [0, 0.05) is 23.4 Å². The predicted octanol–water partition coefficient (Wildman–Crippen LogP) is 3.02. The molecule has 0 aliphatic heterocycles. The zero-order valence-electron chi connectivity index (χ0n) is 19.6. The first-order valence-electron chi connectivity index (χ1n) is 10.9. The standard InChI is InChI=1S/C23H35N3O5S/c1-13(2)24-20(28)19(15-9-7-8-10-18(15)27)26(17-11-14(17)3)21(29)16(12-32)25-22(30)31-23(4,5)6/h7-10,13-14,16-17,19,27,32H,11-12H2,1-6H3,(H,24,28)(H,25,30). The Labute approximate surface area is 195 Å². The first-order valence-corrected chi connectivity index (χ1v) is 11.5. The number of thiol groups is 1. The van der Waals surface area contributed by atoms with E-state index in [4.69, 9.17) is 4.74 Å². The van der Waals surface area contributed by atoms with E-state index in [0.717, 1.165) is 6.42 Å². The quantitative estimate of drug-likeness (QED) is 0.442. The van der Waals surface area contributed by atoms with E-state index in [9.17, 15) is 19.5 Å². The van der Waals surface area contributed by atoms with Crippen molar-refractivity contribution in [1.82, 2.24) is 15.5 Å². The van der Waals surface area contributed by atoms with Crippen molar-refractivity contribution >= 4 is 30.5 Å². The average molecular weight is 466 g/mol. The number of phenols is 1. The summed E-state index contributed by atoms with van der Waals surface area (Å²) in [6, 6.07) is 4.06. The van der Waals surface area contributed by atoms with Gasteiger partial charge in [-0.05, 0) is 53.0 Å². The van der Waals surface area contributed by atoms with E-state index in [2.05, 4.69) is 23.3 Å². The normalized spacial score (nSPS) is 19.6. The molecule has 8 nitrogen and oxygen atoms in total. The van der Waals surface area contributed by atoms with Gasteiger partial charge in [0.25, 0.3) is 0 Å². The van der Waals surface area contributed by atoms with Crippen LogP contribution < -0.4 is 10.6 Å². The van der Waals surface area contributed by atoms with Crippen molar-refractivity contribution in [1.29, 1.82) is 0 Å². The number of benzene rings is 1. The fourth-order valence-corrected chi connectivity index (χ4v) is 3.73. The number of nitrogens with one attached hydrogen (secondary N) is 2. The number of phenolic OH excluding ortho intramolecular Hbond substituents is 1. The third-order valence-corrected chi connectivity index (χ3v) is 5.40. The van der Waals surface area contributed by atoms with Gasteiger partial charge in [-0.15, -0.1) is 0 Å². The maximum absolute atomic E-state index is 13.7. The molecule has 1 fully saturated rings. The van der Waals surface area contributed by atoms with E-state index in [1.165, 1.54) is 11.0 Å². The van der Waals surface area contributed by atoms with E-state index < -0.39 is 35.6 Å². The summed E-state index contributed by atoms with van der Waals surface area (Å²) in [5, 5.41) is 15.9. The van der Waals surface area contributed by atoms with Gasteiger partial charge in [-0.25, -0.2) is 4.79 Å². The molecule has 1 aromatic rings. The number of carbonyl (C=O) groups is 3. The highest BCUT2D eigenvalue weighted by Crippen LogP contribution is 2.42. The van der Waals surface area contributed by atoms with Gasteiger partial charge in [-0.3, -0.25) is 9.59 Å². The molecule has 0 radical (unpaired) electrons. The number of ether oxygens (including phenoxy) is 1. The van der Waals surface area contributed by atoms with Gasteiger partial charge in [0.15, 0.2) is 0 Å². The van der Waals surface area contributed by atoms with Crippen LogP contribution in [0.25, 0.3) is 0 Å². The zero-order valence-corrected chi connectivity index (χ0v) is 20.5. The Bertz CT molecular complexity index is 839. The molecule has 3 amide bonds. The van der Waals surface area contributed by atoms with Crippen LogP contribution in [-0.4, -0.2) is 57.4 Å². The summed E-state index contributed by atoms with van der Waals surface area (Å²) < 4.78 is 5.29. The Morgan fingerprint density at radius 2 is 1.81 bits per heavy atom. The Kier molecular flexibility index (Phi) is 8.45. The monoisotopic (exact) mass is 465 g/mol. The summed E-state index contributed by atoms with van der Waals surface area (Å²) in [7, 11) is 0. The van der Waals surface area contributed by atoms with Gasteiger partial charge in [0.05, 0.1) is 0 Å². The second-order valence-electron chi connectivity index (χ2n) is 9.53. The minimum Gasteiger partial charge on any atom is -0.508 e. The Balaban J connectivity index is 2.43. The summed E-state index contributed by atoms with van der Waals surface area (Å²) >= 11 is 4.26. The van der Waals surface area contributed by atoms with Crippen LogP contribution in [0.2, 0.25) is 0 Å². The van der Waals surface area contributed by atoms with Crippen molar-refractivity contribution in [2.24, 2.45) is 5.92 Å². The number of amides is 3. The maximum Gasteiger partial charge on any atom is 0.408 e. The van der Waals surface area contributed by atoms with Gasteiger partial charge < -0.3 is 25.4 Å². The van der Waals surface area contributed by atoms with Crippen molar-refractivity contribution in [3.05, 3.63) is 29.8 Å². The Morgan fingerprint density at radius 3 is 2.28 bits per heavy atom. The maximum atomic E-state index is 13.7. The molecular formula is C23H35N3O5S. The Hall–Kier alpha value is -2.42. The van der Waals surface area contributed by atoms with E-state index >= 15 is 0 Å². The topological polar surface area (TPSA) is 108 Å². The van der Waals surface area contributed by atoms with Gasteiger partial charge in [-0.1, -0.05) is 25.1 Å². The van der Waals surface area contributed by atoms with Crippen molar-refractivity contribution in [2.45, 2.75) is 77.7 Å². The highest BCUT2D eigenvalue weighted by Gasteiger charge is 2.48. The molecule has 1 saturated carbocycles. The van der Waals surface area contributed by atoms with Crippen LogP contribution in [-0.2, 0) is 14.3 Å². The molecule has 32 heavy (non-hydrogen) atoms. The lowest BCUT2D eigenvalue weighted by Gasteiger charge is -2.35. The first-order chi connectivity index (χ1) is 14.9. The number of hydrogen-bond donors (Lipinski definition) is 4. The van der Waals surface area contributed by atoms with Gasteiger partial charge in [0.2, 0.25) is 11.8 Å². The Morgan fingerprint density at radius 1 is 1.22 bits per heavy atom. The summed E-state index contributed by atoms with van der Waals surface area (Å²) in [6.45, 7) is 10.8. The lowest BCUT2D eigenvalue weighted by atomic mass is 10.0. The SMILES string of the molecule is CC(C)NC(=O)C(c1ccccc1O)N(C(=O)C(CS)NC(=O)OC(C)(C)C)C1CC1C. The molecule has 9 heteroatoms. The zero-order chi connectivity index (χ0) is 24.2. The summed E-state index contributed by atoms with van der Waals surface area (Å²) in [5.74, 6) is -0.725. The second-order valence-corrected chi connectivity index (χ2v) is 9.90. The summed E-state index contributed by atoms with van der Waals surface area (Å²) in [4.78, 5) is 40.7. The number of para-hydroxylation sites is 1. The molecule has 1 aliphatic rings. The predicted molar refractivity (Wildman–Crippen MR) is 126 cm³/mol. The number of carbonyl (C=O) groups excluding carboxylic acids is 3. The van der Waals surface area contributed by atoms with E-state index in [1.807, 2.05) is 20.8 Å². The number of rotatable bonds is 8. The highest BCUT2D eigenvalue weighted by molar-refractivity contribution is 7.80. The molecule has 178 valence electrons. The van der Waals surface area contributed by atoms with E-state index in [1.54, 1.807) is 39.0 Å². The fraction of sp³-hybridized carbons (Fsp3) is 0.609. The third-order valence-electron chi connectivity index (χ3n) is 5.04. The highest BCUT2D eigenvalue weighted by atomic mass is 32.1. The number of hydrogen-bond acceptors (Lipinski definition) is 6. The first kappa shape index (κ1) is 25.8. The number of alkyl carbamates (subject to hydrolysis) is 1. The molecule has 0 saturated heterocycles. The molecule has 0 spiro atoms. The van der Waals surface area contributed by atoms with Gasteiger partial charge in [-0.2, -0.15) is 12.6 Å². The van der Waals surface area contributed by atoms with Crippen molar-refractivity contribution in [3.8, 4) is 5.75 Å². The molecule has 1 aromatic carbocycles. The van der Waals surface area contributed by atoms with Crippen LogP contribution in [0.5, 0.6) is 5.75 Å². The lowest BCUT2D eigenvalue weighted by molar-refractivity contribution is -0.143. The molecule has 2 rings (SSSR count). The summed E-state index contributed by atoms with van der Waals surface area (Å²) in [6.07, 6.45) is -0.0179. The minimum atomic E-state index is -1.05. The molecular weight excluding hydrogens is 430 g/mol. The molecule has 3 N–H and O–H groups in total. The van der Waals surface area contributed by atoms with Crippen LogP contribution >= 0.6 is 12.6 Å². The van der Waals surface area contributed by atoms with E-state index in [0.29, 0.717) is 5.56 Å². The largest absolute Gasteiger partial charge is 0.508 e. The van der Waals surface area contributed by atoms with Crippen LogP contribution in [0, 0.1) is 5.92 Å². The van der Waals surface area contributed by atoms with Gasteiger partial charge >= 0.3 is 6.09 Å². The van der Waals surface area contributed by atoms with Crippen LogP contribution in [0.15, 0.2) is 24.3 Å². The van der Waals surface area contributed by atoms with Crippen molar-refractivity contribution < 1.29 is 24.2 Å². The molecule has 0 bridgehead atoms. The smallest absolute Gasteiger partial charge is 0.408 e. The van der Waals surface area contributed by atoms with Crippen molar-refractivity contribution in [3.63, 3.8) is 0 Å². The second kappa shape index (κ2) is 10.5. The minimum absolute atomic E-state index is 0.0228. The molecule has 0 heterocycles. The van der Waals surface area contributed by atoms with E-state index in [-0.39, 0.29) is 29.5 Å². The van der Waals surface area contributed by atoms with Crippen LogP contribution in [0.4, 0.5) is 4.79 Å². The van der Waals surface area contributed by atoms with Crippen LogP contribution in [0.1, 0.15) is 59.6 Å². The molecule has 4 unspecified atom stereocenters. The number of aromatic hydroxyl groups is 1. The fourth-order valence-electron chi connectivity index (χ4n) is 3.49. The van der Waals surface area contributed by atoms with Gasteiger partial charge in [0.1, 0.15) is 23.4 Å². The van der Waals surface area contributed by atoms with Crippen molar-refractivity contribution in [2.75, 3.05) is 5.75 Å². The molecule has 1 aliphatic carbocycles. The number of nitrogens with zero attached hydrogens (tertiary/aromatic N) is 1. The average Bonchev–Trinajstić information content (AvgIpc) is 3.38. The van der Waals surface area contributed by atoms with Crippen LogP contribution in [0.3, 0.4) is 0 Å².